The van der Waals surface area contributed by atoms with E-state index >= 15 is 0 Å². The minimum atomic E-state index is -3.66. The van der Waals surface area contributed by atoms with Gasteiger partial charge < -0.3 is 10.1 Å². The smallest absolute Gasteiger partial charge is 0.248 e. The molecule has 0 aromatic heterocycles. The molecule has 0 aliphatic carbocycles. The average Bonchev–Trinajstić information content (AvgIpc) is 2.61. The highest BCUT2D eigenvalue weighted by atomic mass is 32.2. The van der Waals surface area contributed by atoms with Crippen molar-refractivity contribution in [1.29, 1.82) is 0 Å². The molecule has 0 aliphatic heterocycles. The molecule has 7 heteroatoms. The molecule has 152 valence electrons. The Morgan fingerprint density at radius 2 is 1.86 bits per heavy atom. The number of carbonyl (C=O) groups is 1. The molecule has 1 N–H and O–H groups in total. The van der Waals surface area contributed by atoms with Crippen LogP contribution in [0.25, 0.3) is 0 Å². The molecule has 6 nitrogen and oxygen atoms in total. The summed E-state index contributed by atoms with van der Waals surface area (Å²) in [5, 5.41) is 2.84. The summed E-state index contributed by atoms with van der Waals surface area (Å²) >= 11 is 0. The molecule has 0 saturated carbocycles. The van der Waals surface area contributed by atoms with E-state index in [1.807, 2.05) is 38.1 Å². The fraction of sp³-hybridized carbons (Fsp3) is 0.381. The number of ether oxygens (including phenoxy) is 1. The van der Waals surface area contributed by atoms with Crippen molar-refractivity contribution in [2.45, 2.75) is 39.8 Å². The number of methoxy groups -OCH3 is 1. The van der Waals surface area contributed by atoms with E-state index in [9.17, 15) is 13.2 Å². The summed E-state index contributed by atoms with van der Waals surface area (Å²) in [6, 6.07) is 11.8. The predicted octanol–water partition coefficient (Wildman–Crippen LogP) is 3.63. The van der Waals surface area contributed by atoms with Gasteiger partial charge in [-0.2, -0.15) is 0 Å². The lowest BCUT2D eigenvalue weighted by Gasteiger charge is -2.30. The Hall–Kier alpha value is -2.38. The average molecular weight is 405 g/mol. The van der Waals surface area contributed by atoms with E-state index in [4.69, 9.17) is 4.74 Å². The molecule has 0 fully saturated rings. The van der Waals surface area contributed by atoms with Gasteiger partial charge in [0.25, 0.3) is 0 Å². The topological polar surface area (TPSA) is 75.7 Å². The standard InChI is InChI=1S/C21H28N2O4S/c1-6-20(21(24)22-18-9-7-8-17(13-18)14-27-4)23(28(5,25)26)19-11-10-15(2)16(3)12-19/h7-13,20H,6,14H2,1-5H3,(H,22,24)/t20-/m1/s1. The van der Waals surface area contributed by atoms with Gasteiger partial charge in [-0.05, 0) is 61.2 Å². The van der Waals surface area contributed by atoms with Crippen molar-refractivity contribution in [2.24, 2.45) is 0 Å². The van der Waals surface area contributed by atoms with Crippen LogP contribution in [0.3, 0.4) is 0 Å². The summed E-state index contributed by atoms with van der Waals surface area (Å²) in [4.78, 5) is 13.0. The number of aryl methyl sites for hydroxylation is 2. The Morgan fingerprint density at radius 3 is 2.43 bits per heavy atom. The Labute approximate surface area is 167 Å². The fourth-order valence-electron chi connectivity index (χ4n) is 3.05. The lowest BCUT2D eigenvalue weighted by Crippen LogP contribution is -2.47. The molecule has 2 aromatic carbocycles. The molecule has 0 heterocycles. The minimum absolute atomic E-state index is 0.337. The molecule has 0 bridgehead atoms. The maximum absolute atomic E-state index is 13.0. The van der Waals surface area contributed by atoms with Crippen LogP contribution < -0.4 is 9.62 Å². The molecule has 0 saturated heterocycles. The Bertz CT molecular complexity index is 941. The van der Waals surface area contributed by atoms with Gasteiger partial charge in [0.05, 0.1) is 18.6 Å². The Kier molecular flexibility index (Phi) is 7.21. The molecule has 1 amide bonds. The molecule has 1 atom stereocenters. The first-order valence-electron chi connectivity index (χ1n) is 9.12. The van der Waals surface area contributed by atoms with Crippen LogP contribution in [0.2, 0.25) is 0 Å². The van der Waals surface area contributed by atoms with Crippen LogP contribution in [-0.2, 0) is 26.2 Å². The number of carbonyl (C=O) groups excluding carboxylic acids is 1. The zero-order chi connectivity index (χ0) is 20.9. The summed E-state index contributed by atoms with van der Waals surface area (Å²) in [6.07, 6.45) is 1.46. The maximum Gasteiger partial charge on any atom is 0.248 e. The first kappa shape index (κ1) is 21.9. The molecule has 0 spiro atoms. The van der Waals surface area contributed by atoms with Gasteiger partial charge in [-0.3, -0.25) is 9.10 Å². The van der Waals surface area contributed by atoms with Crippen molar-refractivity contribution in [3.63, 3.8) is 0 Å². The number of nitrogens with zero attached hydrogens (tertiary/aromatic N) is 1. The van der Waals surface area contributed by atoms with Gasteiger partial charge in [0, 0.05) is 12.8 Å². The SMILES string of the molecule is CC[C@H](C(=O)Nc1cccc(COC)c1)N(c1ccc(C)c(C)c1)S(C)(=O)=O. The normalized spacial score (nSPS) is 12.5. The number of nitrogens with one attached hydrogen (secondary N) is 1. The minimum Gasteiger partial charge on any atom is -0.380 e. The highest BCUT2D eigenvalue weighted by Crippen LogP contribution is 2.26. The van der Waals surface area contributed by atoms with Gasteiger partial charge >= 0.3 is 0 Å². The van der Waals surface area contributed by atoms with E-state index in [0.29, 0.717) is 24.4 Å². The van der Waals surface area contributed by atoms with Crippen LogP contribution in [0.5, 0.6) is 0 Å². The monoisotopic (exact) mass is 404 g/mol. The molecule has 2 rings (SSSR count). The summed E-state index contributed by atoms with van der Waals surface area (Å²) in [5.41, 5.74) is 4.04. The van der Waals surface area contributed by atoms with Crippen LogP contribution in [-0.4, -0.2) is 33.7 Å². The third-order valence-electron chi connectivity index (χ3n) is 4.58. The summed E-state index contributed by atoms with van der Waals surface area (Å²) in [6.45, 7) is 6.10. The lowest BCUT2D eigenvalue weighted by atomic mass is 10.1. The predicted molar refractivity (Wildman–Crippen MR) is 113 cm³/mol. The third kappa shape index (κ3) is 5.33. The number of anilines is 2. The van der Waals surface area contributed by atoms with Gasteiger partial charge in [0.1, 0.15) is 6.04 Å². The summed E-state index contributed by atoms with van der Waals surface area (Å²) < 4.78 is 31.4. The van der Waals surface area contributed by atoms with Crippen molar-refractivity contribution in [2.75, 3.05) is 23.0 Å². The van der Waals surface area contributed by atoms with Gasteiger partial charge in [0.2, 0.25) is 15.9 Å². The molecular formula is C21H28N2O4S. The number of amides is 1. The molecular weight excluding hydrogens is 376 g/mol. The zero-order valence-electron chi connectivity index (χ0n) is 17.0. The summed E-state index contributed by atoms with van der Waals surface area (Å²) in [7, 11) is -2.06. The third-order valence-corrected chi connectivity index (χ3v) is 5.76. The molecule has 0 unspecified atom stereocenters. The number of sulfonamides is 1. The van der Waals surface area contributed by atoms with Gasteiger partial charge in [0.15, 0.2) is 0 Å². The van der Waals surface area contributed by atoms with Gasteiger partial charge in [-0.15, -0.1) is 0 Å². The zero-order valence-corrected chi connectivity index (χ0v) is 17.8. The number of hydrogen-bond acceptors (Lipinski definition) is 4. The highest BCUT2D eigenvalue weighted by Gasteiger charge is 2.31. The molecule has 28 heavy (non-hydrogen) atoms. The highest BCUT2D eigenvalue weighted by molar-refractivity contribution is 7.92. The number of rotatable bonds is 8. The molecule has 0 aliphatic rings. The van der Waals surface area contributed by atoms with Crippen molar-refractivity contribution in [1.82, 2.24) is 0 Å². The fourth-order valence-corrected chi connectivity index (χ4v) is 4.26. The van der Waals surface area contributed by atoms with E-state index in [-0.39, 0.29) is 5.91 Å². The molecule has 0 radical (unpaired) electrons. The number of benzene rings is 2. The summed E-state index contributed by atoms with van der Waals surface area (Å²) in [5.74, 6) is -0.374. The Morgan fingerprint density at radius 1 is 1.14 bits per heavy atom. The maximum atomic E-state index is 13.0. The Balaban J connectivity index is 2.36. The number of hydrogen-bond donors (Lipinski definition) is 1. The van der Waals surface area contributed by atoms with E-state index in [2.05, 4.69) is 5.32 Å². The molecule has 2 aromatic rings. The van der Waals surface area contributed by atoms with E-state index in [0.717, 1.165) is 22.9 Å². The van der Waals surface area contributed by atoms with Gasteiger partial charge in [-0.25, -0.2) is 8.42 Å². The van der Waals surface area contributed by atoms with Crippen LogP contribution in [0.15, 0.2) is 42.5 Å². The lowest BCUT2D eigenvalue weighted by molar-refractivity contribution is -0.117. The van der Waals surface area contributed by atoms with E-state index < -0.39 is 16.1 Å². The van der Waals surface area contributed by atoms with Crippen LogP contribution in [0.4, 0.5) is 11.4 Å². The van der Waals surface area contributed by atoms with E-state index in [1.54, 1.807) is 32.2 Å². The van der Waals surface area contributed by atoms with Crippen molar-refractivity contribution in [3.05, 3.63) is 59.2 Å². The second-order valence-electron chi connectivity index (χ2n) is 6.87. The van der Waals surface area contributed by atoms with Crippen LogP contribution in [0, 0.1) is 13.8 Å². The van der Waals surface area contributed by atoms with Crippen molar-refractivity contribution >= 4 is 27.3 Å². The van der Waals surface area contributed by atoms with Gasteiger partial charge in [-0.1, -0.05) is 25.1 Å². The largest absolute Gasteiger partial charge is 0.380 e. The second-order valence-corrected chi connectivity index (χ2v) is 8.73. The van der Waals surface area contributed by atoms with Crippen LogP contribution in [0.1, 0.15) is 30.0 Å². The second kappa shape index (κ2) is 9.21. The van der Waals surface area contributed by atoms with Crippen molar-refractivity contribution < 1.29 is 17.9 Å². The quantitative estimate of drug-likeness (QED) is 0.729. The van der Waals surface area contributed by atoms with E-state index in [1.165, 1.54) is 4.31 Å². The first-order chi connectivity index (χ1) is 13.2. The van der Waals surface area contributed by atoms with Crippen molar-refractivity contribution in [3.8, 4) is 0 Å². The van der Waals surface area contributed by atoms with Crippen LogP contribution >= 0.6 is 0 Å². The first-order valence-corrected chi connectivity index (χ1v) is 11.0.